The van der Waals surface area contributed by atoms with E-state index in [2.05, 4.69) is 20.3 Å². The van der Waals surface area contributed by atoms with Gasteiger partial charge in [-0.15, -0.1) is 0 Å². The molecule has 33 heavy (non-hydrogen) atoms. The van der Waals surface area contributed by atoms with Crippen molar-refractivity contribution in [1.82, 2.24) is 15.0 Å². The van der Waals surface area contributed by atoms with Crippen LogP contribution >= 0.6 is 11.6 Å². The highest BCUT2D eigenvalue weighted by atomic mass is 35.5. The average molecular weight is 500 g/mol. The number of aryl methyl sites for hydroxylation is 1. The summed E-state index contributed by atoms with van der Waals surface area (Å²) in [5.41, 5.74) is 0.242. The van der Waals surface area contributed by atoms with Crippen molar-refractivity contribution in [3.05, 3.63) is 52.2 Å². The summed E-state index contributed by atoms with van der Waals surface area (Å²) in [6.07, 6.45) is -2.93. The molecule has 3 heterocycles. The van der Waals surface area contributed by atoms with Gasteiger partial charge in [-0.3, -0.25) is 0 Å². The molecule has 7 nitrogen and oxygen atoms in total. The third kappa shape index (κ3) is 4.84. The highest BCUT2D eigenvalue weighted by Gasteiger charge is 2.25. The molecule has 0 bridgehead atoms. The van der Waals surface area contributed by atoms with E-state index in [-0.39, 0.29) is 35.3 Å². The predicted octanol–water partition coefficient (Wildman–Crippen LogP) is 4.47. The first-order valence-electron chi connectivity index (χ1n) is 10.2. The molecule has 2 aromatic heterocycles. The number of alkyl halides is 2. The maximum Gasteiger partial charge on any atom is 0.266 e. The Labute approximate surface area is 193 Å². The van der Waals surface area contributed by atoms with E-state index in [1.807, 2.05) is 4.90 Å². The minimum absolute atomic E-state index is 0.00760. The molecule has 1 aliphatic rings. The maximum atomic E-state index is 14.7. The number of nitrogens with one attached hydrogen (secondary N) is 1. The van der Waals surface area contributed by atoms with Gasteiger partial charge in [-0.2, -0.15) is 0 Å². The SMILES string of the molecule is Cc1nc(N[C@H](C)c2cccc(C(F)F)c2F)c2cc(N3CCS(=O)(=O)CC3)c(Cl)nc2n1. The molecule has 0 unspecified atom stereocenters. The Morgan fingerprint density at radius 2 is 1.79 bits per heavy atom. The van der Waals surface area contributed by atoms with Gasteiger partial charge in [-0.25, -0.2) is 36.5 Å². The molecule has 0 saturated carbocycles. The summed E-state index contributed by atoms with van der Waals surface area (Å²) >= 11 is 6.38. The van der Waals surface area contributed by atoms with E-state index < -0.39 is 33.7 Å². The molecule has 3 aromatic rings. The Morgan fingerprint density at radius 1 is 1.12 bits per heavy atom. The lowest BCUT2D eigenvalue weighted by Gasteiger charge is -2.29. The zero-order valence-electron chi connectivity index (χ0n) is 17.8. The van der Waals surface area contributed by atoms with Crippen molar-refractivity contribution >= 4 is 44.0 Å². The van der Waals surface area contributed by atoms with E-state index in [1.165, 1.54) is 12.1 Å². The van der Waals surface area contributed by atoms with Crippen LogP contribution in [0.2, 0.25) is 5.15 Å². The summed E-state index contributed by atoms with van der Waals surface area (Å²) in [5, 5.41) is 3.75. The van der Waals surface area contributed by atoms with Crippen molar-refractivity contribution in [3.8, 4) is 0 Å². The van der Waals surface area contributed by atoms with E-state index in [4.69, 9.17) is 11.6 Å². The van der Waals surface area contributed by atoms with Gasteiger partial charge in [-0.1, -0.05) is 29.8 Å². The molecule has 1 N–H and O–H groups in total. The fourth-order valence-corrected chi connectivity index (χ4v) is 5.23. The topological polar surface area (TPSA) is 88.1 Å². The number of nitrogens with zero attached hydrogens (tertiary/aromatic N) is 4. The number of hydrogen-bond acceptors (Lipinski definition) is 7. The summed E-state index contributed by atoms with van der Waals surface area (Å²) < 4.78 is 64.5. The molecular weight excluding hydrogens is 479 g/mol. The third-order valence-corrected chi connectivity index (χ3v) is 7.42. The van der Waals surface area contributed by atoms with Crippen LogP contribution in [0.25, 0.3) is 11.0 Å². The van der Waals surface area contributed by atoms with Gasteiger partial charge in [0, 0.05) is 18.7 Å². The summed E-state index contributed by atoms with van der Waals surface area (Å²) in [7, 11) is -3.08. The molecule has 1 aromatic carbocycles. The smallest absolute Gasteiger partial charge is 0.266 e. The fourth-order valence-electron chi connectivity index (χ4n) is 3.77. The molecule has 12 heteroatoms. The lowest BCUT2D eigenvalue weighted by Crippen LogP contribution is -2.40. The quantitative estimate of drug-likeness (QED) is 0.518. The number of hydrogen-bond donors (Lipinski definition) is 1. The van der Waals surface area contributed by atoms with Gasteiger partial charge >= 0.3 is 0 Å². The number of fused-ring (bicyclic) bond motifs is 1. The Hall–Kier alpha value is -2.66. The fraction of sp³-hybridized carbons (Fsp3) is 0.381. The molecule has 0 aliphatic carbocycles. The van der Waals surface area contributed by atoms with Crippen LogP contribution in [0, 0.1) is 12.7 Å². The van der Waals surface area contributed by atoms with Gasteiger partial charge in [0.1, 0.15) is 17.5 Å². The third-order valence-electron chi connectivity index (χ3n) is 5.53. The normalized spacial score (nSPS) is 16.9. The van der Waals surface area contributed by atoms with Crippen LogP contribution in [0.3, 0.4) is 0 Å². The highest BCUT2D eigenvalue weighted by molar-refractivity contribution is 7.91. The van der Waals surface area contributed by atoms with Crippen molar-refractivity contribution in [2.45, 2.75) is 26.3 Å². The minimum atomic E-state index is -3.08. The van der Waals surface area contributed by atoms with Crippen molar-refractivity contribution in [2.24, 2.45) is 0 Å². The number of halogens is 4. The van der Waals surface area contributed by atoms with Crippen LogP contribution < -0.4 is 10.2 Å². The number of pyridine rings is 1. The van der Waals surface area contributed by atoms with Crippen LogP contribution in [0.5, 0.6) is 0 Å². The Balaban J connectivity index is 1.73. The van der Waals surface area contributed by atoms with Gasteiger partial charge in [0.2, 0.25) is 0 Å². The van der Waals surface area contributed by atoms with E-state index in [1.54, 1.807) is 19.9 Å². The zero-order chi connectivity index (χ0) is 23.9. The van der Waals surface area contributed by atoms with Gasteiger partial charge < -0.3 is 10.2 Å². The molecule has 4 rings (SSSR count). The standard InChI is InChI=1S/C21H21ClF3N5O2S/c1-11(13-4-3-5-14(17(13)23)19(24)25)26-20-15-10-16(30-6-8-33(31,32)9-7-30)18(22)29-21(15)28-12(2)27-20/h3-5,10-11,19H,6-9H2,1-2H3,(H,26,27,28,29)/t11-/m1/s1. The average Bonchev–Trinajstić information content (AvgIpc) is 2.73. The summed E-state index contributed by atoms with van der Waals surface area (Å²) in [4.78, 5) is 14.9. The molecular formula is C21H21ClF3N5O2S. The molecule has 176 valence electrons. The molecule has 0 amide bonds. The van der Waals surface area contributed by atoms with Crippen molar-refractivity contribution < 1.29 is 21.6 Å². The van der Waals surface area contributed by atoms with Crippen molar-refractivity contribution in [1.29, 1.82) is 0 Å². The van der Waals surface area contributed by atoms with Crippen LogP contribution in [0.1, 0.15) is 36.3 Å². The van der Waals surface area contributed by atoms with Gasteiger partial charge in [-0.05, 0) is 19.9 Å². The second-order valence-electron chi connectivity index (χ2n) is 7.84. The number of anilines is 2. The first kappa shape index (κ1) is 23.5. The first-order valence-corrected chi connectivity index (χ1v) is 12.4. The van der Waals surface area contributed by atoms with Crippen LogP contribution in [0.4, 0.5) is 24.7 Å². The van der Waals surface area contributed by atoms with Crippen LogP contribution in [-0.2, 0) is 9.84 Å². The van der Waals surface area contributed by atoms with Crippen molar-refractivity contribution in [2.75, 3.05) is 34.8 Å². The molecule has 1 saturated heterocycles. The number of rotatable bonds is 5. The lowest BCUT2D eigenvalue weighted by atomic mass is 10.0. The van der Waals surface area contributed by atoms with Gasteiger partial charge in [0.15, 0.2) is 20.6 Å². The highest BCUT2D eigenvalue weighted by Crippen LogP contribution is 2.34. The van der Waals surface area contributed by atoms with E-state index in [0.717, 1.165) is 6.07 Å². The molecule has 1 atom stereocenters. The number of sulfone groups is 1. The molecule has 0 radical (unpaired) electrons. The maximum absolute atomic E-state index is 14.7. The van der Waals surface area contributed by atoms with Crippen LogP contribution in [0.15, 0.2) is 24.3 Å². The molecule has 0 spiro atoms. The largest absolute Gasteiger partial charge is 0.367 e. The summed E-state index contributed by atoms with van der Waals surface area (Å²) in [5.74, 6) is -0.235. The van der Waals surface area contributed by atoms with Crippen molar-refractivity contribution in [3.63, 3.8) is 0 Å². The van der Waals surface area contributed by atoms with Crippen LogP contribution in [-0.4, -0.2) is 48.0 Å². The summed E-state index contributed by atoms with van der Waals surface area (Å²) in [6, 6.07) is 4.88. The minimum Gasteiger partial charge on any atom is -0.367 e. The van der Waals surface area contributed by atoms with Gasteiger partial charge in [0.25, 0.3) is 6.43 Å². The second kappa shape index (κ2) is 8.94. The van der Waals surface area contributed by atoms with Gasteiger partial charge in [0.05, 0.1) is 34.2 Å². The zero-order valence-corrected chi connectivity index (χ0v) is 19.4. The Kier molecular flexibility index (Phi) is 6.37. The van der Waals surface area contributed by atoms with E-state index in [9.17, 15) is 21.6 Å². The Bertz CT molecular complexity index is 1310. The first-order chi connectivity index (χ1) is 15.6. The van der Waals surface area contributed by atoms with E-state index >= 15 is 0 Å². The summed E-state index contributed by atoms with van der Waals surface area (Å²) in [6.45, 7) is 3.84. The molecule has 1 aliphatic heterocycles. The number of aromatic nitrogens is 3. The Morgan fingerprint density at radius 3 is 2.45 bits per heavy atom. The monoisotopic (exact) mass is 499 g/mol. The molecule has 1 fully saturated rings. The van der Waals surface area contributed by atoms with E-state index in [0.29, 0.717) is 28.4 Å². The number of benzene rings is 1. The second-order valence-corrected chi connectivity index (χ2v) is 10.5. The predicted molar refractivity (Wildman–Crippen MR) is 121 cm³/mol. The lowest BCUT2D eigenvalue weighted by molar-refractivity contribution is 0.146.